The average Bonchev–Trinajstić information content (AvgIpc) is 2.74. The summed E-state index contributed by atoms with van der Waals surface area (Å²) < 4.78 is 40.7. The maximum absolute atomic E-state index is 12.8. The molecule has 32 heavy (non-hydrogen) atoms. The van der Waals surface area contributed by atoms with Gasteiger partial charge in [-0.2, -0.15) is 0 Å². The molecule has 0 radical (unpaired) electrons. The lowest BCUT2D eigenvalue weighted by molar-refractivity contribution is -0.274. The molecule has 1 N–H and O–H groups in total. The molecule has 0 aliphatic heterocycles. The molecular formula is C23H21ClF3N3O2. The summed E-state index contributed by atoms with van der Waals surface area (Å²) in [6.07, 6.45) is -2.45. The van der Waals surface area contributed by atoms with Crippen LogP contribution < -0.4 is 10.1 Å². The zero-order valence-corrected chi connectivity index (χ0v) is 18.0. The van der Waals surface area contributed by atoms with E-state index in [2.05, 4.69) is 15.0 Å². The van der Waals surface area contributed by atoms with Crippen LogP contribution in [0.4, 0.5) is 23.7 Å². The molecule has 0 unspecified atom stereocenters. The van der Waals surface area contributed by atoms with Crippen molar-refractivity contribution in [3.05, 3.63) is 77.4 Å². The Kier molecular flexibility index (Phi) is 7.58. The Labute approximate surface area is 188 Å². The molecule has 2 aromatic carbocycles. The number of pyridine rings is 1. The second-order valence-corrected chi connectivity index (χ2v) is 7.42. The fourth-order valence-electron chi connectivity index (χ4n) is 3.06. The molecule has 1 heterocycles. The summed E-state index contributed by atoms with van der Waals surface area (Å²) in [5.41, 5.74) is 2.95. The number of ether oxygens (including phenoxy) is 1. The van der Waals surface area contributed by atoms with Gasteiger partial charge in [0.05, 0.1) is 10.7 Å². The number of urea groups is 1. The molecule has 3 rings (SSSR count). The van der Waals surface area contributed by atoms with Gasteiger partial charge < -0.3 is 15.0 Å². The molecule has 5 nitrogen and oxygen atoms in total. The van der Waals surface area contributed by atoms with Gasteiger partial charge in [-0.25, -0.2) is 4.79 Å². The predicted octanol–water partition coefficient (Wildman–Crippen LogP) is 6.74. The largest absolute Gasteiger partial charge is 0.573 e. The molecule has 0 saturated heterocycles. The molecular weight excluding hydrogens is 443 g/mol. The Morgan fingerprint density at radius 1 is 1.12 bits per heavy atom. The molecule has 0 bridgehead atoms. The van der Waals surface area contributed by atoms with Crippen molar-refractivity contribution < 1.29 is 22.7 Å². The topological polar surface area (TPSA) is 54.5 Å². The van der Waals surface area contributed by atoms with E-state index in [9.17, 15) is 18.0 Å². The quantitative estimate of drug-likeness (QED) is 0.422. The third-order valence-electron chi connectivity index (χ3n) is 4.44. The number of rotatable bonds is 7. The van der Waals surface area contributed by atoms with Gasteiger partial charge in [-0.3, -0.25) is 4.98 Å². The highest BCUT2D eigenvalue weighted by Crippen LogP contribution is 2.24. The highest BCUT2D eigenvalue weighted by atomic mass is 35.5. The number of amides is 2. The van der Waals surface area contributed by atoms with Gasteiger partial charge in [0, 0.05) is 30.5 Å². The van der Waals surface area contributed by atoms with Gasteiger partial charge in [0.2, 0.25) is 0 Å². The summed E-state index contributed by atoms with van der Waals surface area (Å²) in [5, 5.41) is 3.26. The lowest BCUT2D eigenvalue weighted by atomic mass is 10.1. The maximum Gasteiger partial charge on any atom is 0.573 e. The smallest absolute Gasteiger partial charge is 0.406 e. The standard InChI is InChI=1S/C23H21ClF3N3O2/c1-2-12-30(22(31)29-19-7-9-20(10-8-19)32-23(25,26)27)15-16-4-3-5-17(13-16)21-11-6-18(24)14-28-21/h3-11,13-14H,2,12,15H2,1H3,(H,29,31). The summed E-state index contributed by atoms with van der Waals surface area (Å²) in [6, 6.07) is 15.9. The maximum atomic E-state index is 12.8. The number of aromatic nitrogens is 1. The van der Waals surface area contributed by atoms with Crippen molar-refractivity contribution in [3.8, 4) is 17.0 Å². The number of halogens is 4. The lowest BCUT2D eigenvalue weighted by Gasteiger charge is -2.23. The monoisotopic (exact) mass is 463 g/mol. The van der Waals surface area contributed by atoms with Crippen LogP contribution in [0.25, 0.3) is 11.3 Å². The number of hydrogen-bond donors (Lipinski definition) is 1. The third-order valence-corrected chi connectivity index (χ3v) is 4.67. The van der Waals surface area contributed by atoms with E-state index in [1.165, 1.54) is 12.1 Å². The summed E-state index contributed by atoms with van der Waals surface area (Å²) in [4.78, 5) is 18.7. The van der Waals surface area contributed by atoms with E-state index in [1.54, 1.807) is 17.2 Å². The molecule has 1 aromatic heterocycles. The number of alkyl halides is 3. The van der Waals surface area contributed by atoms with Gasteiger partial charge in [-0.05, 0) is 54.4 Å². The Balaban J connectivity index is 1.69. The number of nitrogens with one attached hydrogen (secondary N) is 1. The van der Waals surface area contributed by atoms with Crippen molar-refractivity contribution in [2.75, 3.05) is 11.9 Å². The zero-order chi connectivity index (χ0) is 23.1. The van der Waals surface area contributed by atoms with Crippen molar-refractivity contribution in [1.82, 2.24) is 9.88 Å². The Hall–Kier alpha value is -3.26. The predicted molar refractivity (Wildman–Crippen MR) is 118 cm³/mol. The van der Waals surface area contributed by atoms with Crippen LogP contribution in [0.15, 0.2) is 66.9 Å². The molecule has 0 atom stereocenters. The second kappa shape index (κ2) is 10.4. The SMILES string of the molecule is CCCN(Cc1cccc(-c2ccc(Cl)cn2)c1)C(=O)Nc1ccc(OC(F)(F)F)cc1. The minimum atomic E-state index is -4.77. The van der Waals surface area contributed by atoms with Gasteiger partial charge in [-0.15, -0.1) is 13.2 Å². The van der Waals surface area contributed by atoms with Gasteiger partial charge >= 0.3 is 12.4 Å². The van der Waals surface area contributed by atoms with Gasteiger partial charge in [0.15, 0.2) is 0 Å². The molecule has 0 aliphatic carbocycles. The summed E-state index contributed by atoms with van der Waals surface area (Å²) in [6.45, 7) is 2.82. The first-order valence-electron chi connectivity index (χ1n) is 9.86. The van der Waals surface area contributed by atoms with Crippen molar-refractivity contribution in [2.24, 2.45) is 0 Å². The Bertz CT molecular complexity index is 1040. The fraction of sp³-hybridized carbons (Fsp3) is 0.217. The van der Waals surface area contributed by atoms with Crippen molar-refractivity contribution >= 4 is 23.3 Å². The first kappa shape index (κ1) is 23.4. The fourth-order valence-corrected chi connectivity index (χ4v) is 3.17. The van der Waals surface area contributed by atoms with Crippen LogP contribution in [-0.2, 0) is 6.54 Å². The van der Waals surface area contributed by atoms with Crippen LogP contribution >= 0.6 is 11.6 Å². The zero-order valence-electron chi connectivity index (χ0n) is 17.2. The van der Waals surface area contributed by atoms with Crippen LogP contribution in [0.3, 0.4) is 0 Å². The molecule has 2 amide bonds. The van der Waals surface area contributed by atoms with E-state index in [4.69, 9.17) is 11.6 Å². The second-order valence-electron chi connectivity index (χ2n) is 6.99. The highest BCUT2D eigenvalue weighted by Gasteiger charge is 2.31. The molecule has 9 heteroatoms. The molecule has 0 spiro atoms. The van der Waals surface area contributed by atoms with Crippen LogP contribution in [-0.4, -0.2) is 28.8 Å². The van der Waals surface area contributed by atoms with Crippen LogP contribution in [0.5, 0.6) is 5.75 Å². The molecule has 168 valence electrons. The number of carbonyl (C=O) groups is 1. The number of anilines is 1. The Morgan fingerprint density at radius 2 is 1.88 bits per heavy atom. The van der Waals surface area contributed by atoms with E-state index < -0.39 is 6.36 Å². The first-order valence-corrected chi connectivity index (χ1v) is 10.2. The van der Waals surface area contributed by atoms with E-state index in [0.717, 1.165) is 35.4 Å². The number of nitrogens with zero attached hydrogens (tertiary/aromatic N) is 2. The van der Waals surface area contributed by atoms with Crippen molar-refractivity contribution in [1.29, 1.82) is 0 Å². The van der Waals surface area contributed by atoms with E-state index in [1.807, 2.05) is 37.3 Å². The van der Waals surface area contributed by atoms with E-state index >= 15 is 0 Å². The number of carbonyl (C=O) groups excluding carboxylic acids is 1. The number of benzene rings is 2. The summed E-state index contributed by atoms with van der Waals surface area (Å²) in [7, 11) is 0. The lowest BCUT2D eigenvalue weighted by Crippen LogP contribution is -2.35. The van der Waals surface area contributed by atoms with Gasteiger partial charge in [0.25, 0.3) is 0 Å². The van der Waals surface area contributed by atoms with Gasteiger partial charge in [-0.1, -0.05) is 36.7 Å². The molecule has 0 aliphatic rings. The number of hydrogen-bond acceptors (Lipinski definition) is 3. The minimum Gasteiger partial charge on any atom is -0.406 e. The molecule has 3 aromatic rings. The van der Waals surface area contributed by atoms with Crippen LogP contribution in [0.2, 0.25) is 5.02 Å². The van der Waals surface area contributed by atoms with E-state index in [-0.39, 0.29) is 11.8 Å². The normalized spacial score (nSPS) is 11.2. The highest BCUT2D eigenvalue weighted by molar-refractivity contribution is 6.30. The molecule has 0 saturated carbocycles. The summed E-state index contributed by atoms with van der Waals surface area (Å²) >= 11 is 5.90. The first-order chi connectivity index (χ1) is 15.2. The van der Waals surface area contributed by atoms with Crippen LogP contribution in [0, 0.1) is 0 Å². The average molecular weight is 464 g/mol. The minimum absolute atomic E-state index is 0.353. The Morgan fingerprint density at radius 3 is 2.50 bits per heavy atom. The van der Waals surface area contributed by atoms with Crippen molar-refractivity contribution in [2.45, 2.75) is 26.3 Å². The van der Waals surface area contributed by atoms with E-state index in [0.29, 0.717) is 23.8 Å². The third kappa shape index (κ3) is 6.88. The van der Waals surface area contributed by atoms with Gasteiger partial charge in [0.1, 0.15) is 5.75 Å². The summed E-state index contributed by atoms with van der Waals surface area (Å²) in [5.74, 6) is -0.353. The van der Waals surface area contributed by atoms with Crippen molar-refractivity contribution in [3.63, 3.8) is 0 Å². The van der Waals surface area contributed by atoms with Crippen LogP contribution in [0.1, 0.15) is 18.9 Å². The molecule has 0 fully saturated rings.